The molecule has 1 aromatic rings. The highest BCUT2D eigenvalue weighted by Crippen LogP contribution is 2.28. The highest BCUT2D eigenvalue weighted by Gasteiger charge is 2.24. The Morgan fingerprint density at radius 1 is 1.13 bits per heavy atom. The molecule has 0 atom stereocenters. The number of hydrogen-bond acceptors (Lipinski definition) is 4. The lowest BCUT2D eigenvalue weighted by atomic mass is 9.84. The maximum Gasteiger partial charge on any atom is 0.220 e. The average Bonchev–Trinajstić information content (AvgIpc) is 2.76. The molecule has 30 heavy (non-hydrogen) atoms. The number of benzene rings is 1. The molecule has 1 aliphatic heterocycles. The molecule has 1 N–H and O–H groups in total. The number of piperazine rings is 1. The van der Waals surface area contributed by atoms with Crippen LogP contribution in [0.25, 0.3) is 0 Å². The molecule has 1 saturated carbocycles. The smallest absolute Gasteiger partial charge is 0.220 e. The number of carbonyl (C=O) groups is 1. The minimum Gasteiger partial charge on any atom is -0.369 e. The molecule has 5 nitrogen and oxygen atoms in total. The molecule has 0 unspecified atom stereocenters. The monoisotopic (exact) mass is 410 g/mol. The van der Waals surface area contributed by atoms with Crippen molar-refractivity contribution in [3.05, 3.63) is 29.3 Å². The van der Waals surface area contributed by atoms with E-state index in [1.807, 2.05) is 0 Å². The second-order valence-electron chi connectivity index (χ2n) is 9.13. The van der Waals surface area contributed by atoms with E-state index in [9.17, 15) is 4.79 Å². The van der Waals surface area contributed by atoms with Crippen LogP contribution < -0.4 is 10.2 Å². The lowest BCUT2D eigenvalue weighted by Gasteiger charge is -2.38. The number of nitrogens with one attached hydrogen (secondary N) is 1. The minimum absolute atomic E-state index is 0.121. The topological polar surface area (TPSA) is 59.4 Å². The predicted octanol–water partition coefficient (Wildman–Crippen LogP) is 4.18. The molecule has 1 heterocycles. The fraction of sp³-hybridized carbons (Fsp3) is 0.680. The Kier molecular flexibility index (Phi) is 8.57. The van der Waals surface area contributed by atoms with E-state index in [4.69, 9.17) is 5.26 Å². The van der Waals surface area contributed by atoms with Crippen LogP contribution in [0.2, 0.25) is 0 Å². The standard InChI is InChI=1S/C25H38N4O/c1-20-6-5-7-24(21(20)2)29-18-16-28(17-19-29)15-13-22-9-11-23(12-10-22)27-25(30)8-3-4-14-26/h5-7,22-23H,3-4,8-13,15-19H2,1-2H3,(H,27,30)/t22-,23-. The first-order valence-electron chi connectivity index (χ1n) is 11.8. The molecule has 5 heteroatoms. The van der Waals surface area contributed by atoms with Gasteiger partial charge in [0.25, 0.3) is 0 Å². The van der Waals surface area contributed by atoms with Crippen molar-refractivity contribution in [1.82, 2.24) is 10.2 Å². The third-order valence-electron chi connectivity index (χ3n) is 7.05. The number of amides is 1. The number of aryl methyl sites for hydroxylation is 1. The van der Waals surface area contributed by atoms with Crippen LogP contribution in [-0.2, 0) is 4.79 Å². The zero-order valence-corrected chi connectivity index (χ0v) is 18.8. The van der Waals surface area contributed by atoms with E-state index < -0.39 is 0 Å². The van der Waals surface area contributed by atoms with Crippen LogP contribution >= 0.6 is 0 Å². The Hall–Kier alpha value is -2.06. The molecule has 0 radical (unpaired) electrons. The van der Waals surface area contributed by atoms with Gasteiger partial charge in [-0.15, -0.1) is 0 Å². The van der Waals surface area contributed by atoms with Crippen molar-refractivity contribution in [2.24, 2.45) is 5.92 Å². The summed E-state index contributed by atoms with van der Waals surface area (Å²) < 4.78 is 0. The van der Waals surface area contributed by atoms with Crippen molar-refractivity contribution in [2.45, 2.75) is 71.3 Å². The van der Waals surface area contributed by atoms with Crippen molar-refractivity contribution >= 4 is 11.6 Å². The van der Waals surface area contributed by atoms with Gasteiger partial charge in [0.15, 0.2) is 0 Å². The number of nitrogens with zero attached hydrogens (tertiary/aromatic N) is 3. The third-order valence-corrected chi connectivity index (χ3v) is 7.05. The predicted molar refractivity (Wildman–Crippen MR) is 123 cm³/mol. The molecule has 164 valence electrons. The number of rotatable bonds is 8. The Morgan fingerprint density at radius 2 is 1.87 bits per heavy atom. The second kappa shape index (κ2) is 11.4. The fourth-order valence-corrected chi connectivity index (χ4v) is 4.88. The van der Waals surface area contributed by atoms with Gasteiger partial charge in [-0.3, -0.25) is 9.69 Å². The van der Waals surface area contributed by atoms with E-state index >= 15 is 0 Å². The first kappa shape index (κ1) is 22.6. The van der Waals surface area contributed by atoms with Gasteiger partial charge in [0, 0.05) is 50.7 Å². The van der Waals surface area contributed by atoms with Gasteiger partial charge in [-0.05, 0) is 82.0 Å². The summed E-state index contributed by atoms with van der Waals surface area (Å²) in [6, 6.07) is 9.08. The normalized spacial score (nSPS) is 22.5. The van der Waals surface area contributed by atoms with Crippen molar-refractivity contribution < 1.29 is 4.79 Å². The van der Waals surface area contributed by atoms with E-state index in [1.165, 1.54) is 42.6 Å². The molecule has 1 saturated heterocycles. The summed E-state index contributed by atoms with van der Waals surface area (Å²) >= 11 is 0. The summed E-state index contributed by atoms with van der Waals surface area (Å²) in [6.07, 6.45) is 7.59. The molecular weight excluding hydrogens is 372 g/mol. The summed E-state index contributed by atoms with van der Waals surface area (Å²) in [7, 11) is 0. The molecule has 3 rings (SSSR count). The summed E-state index contributed by atoms with van der Waals surface area (Å²) in [5, 5.41) is 11.7. The zero-order chi connectivity index (χ0) is 21.3. The number of hydrogen-bond donors (Lipinski definition) is 1. The van der Waals surface area contributed by atoms with Crippen molar-refractivity contribution in [3.8, 4) is 6.07 Å². The van der Waals surface area contributed by atoms with Crippen LogP contribution in [0.15, 0.2) is 18.2 Å². The molecule has 0 aromatic heterocycles. The van der Waals surface area contributed by atoms with Gasteiger partial charge in [-0.2, -0.15) is 5.26 Å². The van der Waals surface area contributed by atoms with Crippen LogP contribution in [-0.4, -0.2) is 49.6 Å². The first-order chi connectivity index (χ1) is 14.6. The maximum atomic E-state index is 11.9. The number of anilines is 1. The van der Waals surface area contributed by atoms with Crippen LogP contribution in [0.4, 0.5) is 5.69 Å². The van der Waals surface area contributed by atoms with E-state index in [0.29, 0.717) is 25.3 Å². The Labute approximate surface area is 182 Å². The van der Waals surface area contributed by atoms with Gasteiger partial charge in [-0.25, -0.2) is 0 Å². The minimum atomic E-state index is 0.121. The average molecular weight is 411 g/mol. The van der Waals surface area contributed by atoms with Crippen molar-refractivity contribution in [2.75, 3.05) is 37.6 Å². The van der Waals surface area contributed by atoms with Gasteiger partial charge < -0.3 is 10.2 Å². The Bertz CT molecular complexity index is 725. The zero-order valence-electron chi connectivity index (χ0n) is 18.8. The van der Waals surface area contributed by atoms with Gasteiger partial charge in [-0.1, -0.05) is 12.1 Å². The lowest BCUT2D eigenvalue weighted by Crippen LogP contribution is -2.47. The molecule has 0 spiro atoms. The molecule has 1 aliphatic carbocycles. The number of unbranched alkanes of at least 4 members (excludes halogenated alkanes) is 1. The van der Waals surface area contributed by atoms with E-state index in [1.54, 1.807) is 0 Å². The highest BCUT2D eigenvalue weighted by atomic mass is 16.1. The van der Waals surface area contributed by atoms with E-state index in [0.717, 1.165) is 44.9 Å². The molecule has 1 aromatic carbocycles. The van der Waals surface area contributed by atoms with Gasteiger partial charge >= 0.3 is 0 Å². The van der Waals surface area contributed by atoms with Crippen LogP contribution in [0.5, 0.6) is 0 Å². The van der Waals surface area contributed by atoms with E-state index in [2.05, 4.69) is 53.2 Å². The molecule has 0 bridgehead atoms. The number of carbonyl (C=O) groups excluding carboxylic acids is 1. The van der Waals surface area contributed by atoms with Crippen molar-refractivity contribution in [1.29, 1.82) is 5.26 Å². The Balaban J connectivity index is 1.32. The Morgan fingerprint density at radius 3 is 2.57 bits per heavy atom. The molecule has 2 aliphatic rings. The molecular formula is C25H38N4O. The summed E-state index contributed by atoms with van der Waals surface area (Å²) in [4.78, 5) is 17.1. The maximum absolute atomic E-state index is 11.9. The van der Waals surface area contributed by atoms with Crippen LogP contribution in [0.1, 0.15) is 62.5 Å². The molecule has 2 fully saturated rings. The quantitative estimate of drug-likeness (QED) is 0.653. The molecule has 1 amide bonds. The first-order valence-corrected chi connectivity index (χ1v) is 11.8. The highest BCUT2D eigenvalue weighted by molar-refractivity contribution is 5.76. The van der Waals surface area contributed by atoms with Crippen molar-refractivity contribution in [3.63, 3.8) is 0 Å². The SMILES string of the molecule is Cc1cccc(N2CCN(CC[C@H]3CC[C@H](NC(=O)CCCC#N)CC3)CC2)c1C. The van der Waals surface area contributed by atoms with Crippen LogP contribution in [0, 0.1) is 31.1 Å². The van der Waals surface area contributed by atoms with E-state index in [-0.39, 0.29) is 5.91 Å². The van der Waals surface area contributed by atoms with Crippen LogP contribution in [0.3, 0.4) is 0 Å². The summed E-state index contributed by atoms with van der Waals surface area (Å²) in [5.41, 5.74) is 4.20. The fourth-order valence-electron chi connectivity index (χ4n) is 4.88. The lowest BCUT2D eigenvalue weighted by molar-refractivity contribution is -0.122. The van der Waals surface area contributed by atoms with Gasteiger partial charge in [0.1, 0.15) is 0 Å². The second-order valence-corrected chi connectivity index (χ2v) is 9.13. The third kappa shape index (κ3) is 6.47. The van der Waals surface area contributed by atoms with Gasteiger partial charge in [0.05, 0.1) is 6.07 Å². The largest absolute Gasteiger partial charge is 0.369 e. The summed E-state index contributed by atoms with van der Waals surface area (Å²) in [5.74, 6) is 0.921. The van der Waals surface area contributed by atoms with Gasteiger partial charge in [0.2, 0.25) is 5.91 Å². The summed E-state index contributed by atoms with van der Waals surface area (Å²) in [6.45, 7) is 10.2. The number of nitriles is 1.